The Morgan fingerprint density at radius 3 is 2.21 bits per heavy atom. The smallest absolute Gasteiger partial charge is 0.164 e. The predicted octanol–water partition coefficient (Wildman–Crippen LogP) is 11.0. The first-order valence-electron chi connectivity index (χ1n) is 16.8. The maximum atomic E-state index is 12.2. The molecule has 2 aromatic carbocycles. The molecule has 48 heavy (non-hydrogen) atoms. The number of hydrogen-bond donors (Lipinski definition) is 1. The van der Waals surface area contributed by atoms with Gasteiger partial charge in [0.1, 0.15) is 17.0 Å². The third kappa shape index (κ3) is 8.10. The van der Waals surface area contributed by atoms with Crippen molar-refractivity contribution < 1.29 is 39.0 Å². The summed E-state index contributed by atoms with van der Waals surface area (Å²) in [5.74, 6) is 0.286. The zero-order chi connectivity index (χ0) is 34.6. The van der Waals surface area contributed by atoms with Gasteiger partial charge in [-0.05, 0) is 54.9 Å². The largest absolute Gasteiger partial charge is 0.512 e. The van der Waals surface area contributed by atoms with Crippen LogP contribution in [0, 0.1) is 23.9 Å². The van der Waals surface area contributed by atoms with Crippen LogP contribution in [0.4, 0.5) is 0 Å². The molecule has 0 spiro atoms. The minimum Gasteiger partial charge on any atom is -0.512 e. The van der Waals surface area contributed by atoms with Crippen LogP contribution in [0.3, 0.4) is 0 Å². The monoisotopic (exact) mass is 824 g/mol. The summed E-state index contributed by atoms with van der Waals surface area (Å²) in [6.45, 7) is 18.8. The molecule has 0 aliphatic heterocycles. The summed E-state index contributed by atoms with van der Waals surface area (Å²) in [6, 6.07) is 22.4. The Labute approximate surface area is 300 Å². The molecule has 6 heteroatoms. The molecule has 0 amide bonds. The van der Waals surface area contributed by atoms with Crippen LogP contribution in [0.25, 0.3) is 44.3 Å². The van der Waals surface area contributed by atoms with E-state index < -0.39 is 0 Å². The molecule has 5 aromatic rings. The van der Waals surface area contributed by atoms with Gasteiger partial charge in [-0.25, -0.2) is 0 Å². The molecule has 1 N–H and O–H groups in total. The van der Waals surface area contributed by atoms with Crippen molar-refractivity contribution in [1.29, 1.82) is 0 Å². The maximum Gasteiger partial charge on any atom is 0.164 e. The van der Waals surface area contributed by atoms with Gasteiger partial charge in [-0.15, -0.1) is 29.1 Å². The number of carbonyl (C=O) groups excluding carboxylic acids is 1. The van der Waals surface area contributed by atoms with Crippen LogP contribution in [0.2, 0.25) is 0 Å². The Morgan fingerprint density at radius 1 is 0.938 bits per heavy atom. The molecular weight excluding hydrogens is 773 g/mol. The van der Waals surface area contributed by atoms with Crippen molar-refractivity contribution in [3.05, 3.63) is 104 Å². The van der Waals surface area contributed by atoms with Gasteiger partial charge in [0.2, 0.25) is 0 Å². The molecule has 0 bridgehead atoms. The zero-order valence-electron chi connectivity index (χ0n) is 30.0. The molecule has 5 rings (SSSR count). The zero-order valence-corrected chi connectivity index (χ0v) is 32.4. The van der Waals surface area contributed by atoms with E-state index in [1.807, 2.05) is 70.6 Å². The van der Waals surface area contributed by atoms with Gasteiger partial charge in [-0.3, -0.25) is 9.78 Å². The molecule has 1 radical (unpaired) electrons. The van der Waals surface area contributed by atoms with Gasteiger partial charge in [0.25, 0.3) is 0 Å². The molecular formula is C42H51IrN2O3-. The Hall–Kier alpha value is -3.73. The summed E-state index contributed by atoms with van der Waals surface area (Å²) in [5, 5.41) is 12.5. The van der Waals surface area contributed by atoms with E-state index >= 15 is 0 Å². The second-order valence-electron chi connectivity index (χ2n) is 14.1. The van der Waals surface area contributed by atoms with E-state index in [0.717, 1.165) is 64.6 Å². The first kappa shape index (κ1) is 38.7. The summed E-state index contributed by atoms with van der Waals surface area (Å²) in [7, 11) is 4.22. The van der Waals surface area contributed by atoms with Crippen LogP contribution in [0.1, 0.15) is 93.6 Å². The Balaban J connectivity index is 0.000000301. The summed E-state index contributed by atoms with van der Waals surface area (Å²) in [5.41, 5.74) is 6.47. The van der Waals surface area contributed by atoms with E-state index in [-0.39, 0.29) is 47.9 Å². The average molecular weight is 824 g/mol. The maximum absolute atomic E-state index is 12.2. The summed E-state index contributed by atoms with van der Waals surface area (Å²) in [6.07, 6.45) is 10.2. The third-order valence-corrected chi connectivity index (χ3v) is 10.2. The van der Waals surface area contributed by atoms with Crippen molar-refractivity contribution in [2.75, 3.05) is 0 Å². The standard InChI is InChI=1S/C27H23N2O.C15H28O2.Ir/c1-27(2,3)23-16-20(15-18-7-5-6-8-21(18)23)25-17-19(10-13-29(25)4)22-9-12-28-24-11-14-30-26(22)24;1-7-14(5,8-2)12(16)11-13(17)15(6,9-3)10-4;/h5-14,16-17H,4H2,1-3H3;11,16H,7-10H2,1-6H3;/q-1;;/b;12-11-;. The van der Waals surface area contributed by atoms with E-state index in [0.29, 0.717) is 0 Å². The van der Waals surface area contributed by atoms with E-state index in [1.54, 1.807) is 6.26 Å². The fraction of sp³-hybridized carbons (Fsp3) is 0.381. The summed E-state index contributed by atoms with van der Waals surface area (Å²) in [4.78, 5) is 16.6. The Morgan fingerprint density at radius 2 is 1.58 bits per heavy atom. The minimum atomic E-state index is -0.337. The SMILES string of the molecule is CCC(C)(CC)C(=O)/C=C(\O)C(C)(CC)CC.[CH2-][n+]1ccc(-c2ccnc3ccoc23)cc1-c1[c-]c2ccccc2c(C(C)(C)C)c1.[Ir]. The van der Waals surface area contributed by atoms with Gasteiger partial charge < -0.3 is 14.1 Å². The molecule has 0 saturated carbocycles. The molecule has 0 saturated heterocycles. The van der Waals surface area contributed by atoms with Crippen molar-refractivity contribution in [3.8, 4) is 22.4 Å². The van der Waals surface area contributed by atoms with Crippen LogP contribution in [0.5, 0.6) is 0 Å². The van der Waals surface area contributed by atoms with Crippen LogP contribution in [-0.2, 0) is 30.3 Å². The number of rotatable bonds is 9. The van der Waals surface area contributed by atoms with Gasteiger partial charge in [-0.1, -0.05) is 91.5 Å². The number of pyridine rings is 2. The molecule has 0 aliphatic carbocycles. The molecule has 5 nitrogen and oxygen atoms in total. The normalized spacial score (nSPS) is 12.4. The number of hydrogen-bond acceptors (Lipinski definition) is 4. The fourth-order valence-corrected chi connectivity index (χ4v) is 5.70. The van der Waals surface area contributed by atoms with E-state index in [9.17, 15) is 9.90 Å². The topological polar surface area (TPSA) is 67.2 Å². The van der Waals surface area contributed by atoms with Gasteiger partial charge >= 0.3 is 0 Å². The number of aliphatic hydroxyl groups is 1. The Kier molecular flexibility index (Phi) is 12.6. The number of furan rings is 1. The minimum absolute atomic E-state index is 0. The number of aliphatic hydroxyl groups excluding tert-OH is 1. The van der Waals surface area contributed by atoms with E-state index in [4.69, 9.17) is 4.42 Å². The van der Waals surface area contributed by atoms with E-state index in [1.165, 1.54) is 17.0 Å². The molecule has 0 aliphatic rings. The van der Waals surface area contributed by atoms with Gasteiger partial charge in [0.05, 0.1) is 12.5 Å². The molecule has 0 unspecified atom stereocenters. The van der Waals surface area contributed by atoms with Crippen LogP contribution in [-0.4, -0.2) is 15.9 Å². The second kappa shape index (κ2) is 15.7. The molecule has 257 valence electrons. The summed E-state index contributed by atoms with van der Waals surface area (Å²) >= 11 is 0. The number of ketones is 1. The van der Waals surface area contributed by atoms with Crippen molar-refractivity contribution in [2.45, 2.75) is 93.4 Å². The number of aromatic nitrogens is 2. The van der Waals surface area contributed by atoms with E-state index in [2.05, 4.69) is 81.3 Å². The van der Waals surface area contributed by atoms with Crippen molar-refractivity contribution in [1.82, 2.24) is 4.98 Å². The van der Waals surface area contributed by atoms with Crippen molar-refractivity contribution in [2.24, 2.45) is 10.8 Å². The number of fused-ring (bicyclic) bond motifs is 2. The first-order chi connectivity index (χ1) is 22.2. The average Bonchev–Trinajstić information content (AvgIpc) is 3.56. The fourth-order valence-electron chi connectivity index (χ4n) is 5.70. The molecule has 0 atom stereocenters. The second-order valence-corrected chi connectivity index (χ2v) is 14.1. The van der Waals surface area contributed by atoms with Gasteiger partial charge in [-0.2, -0.15) is 0 Å². The molecule has 3 heterocycles. The van der Waals surface area contributed by atoms with Crippen molar-refractivity contribution in [3.63, 3.8) is 0 Å². The quantitative estimate of drug-likeness (QED) is 0.0696. The van der Waals surface area contributed by atoms with Crippen LogP contribution in [0.15, 0.2) is 89.5 Å². The molecule has 3 aromatic heterocycles. The molecule has 0 fully saturated rings. The number of benzene rings is 2. The Bertz CT molecular complexity index is 1890. The predicted molar refractivity (Wildman–Crippen MR) is 194 cm³/mol. The number of allylic oxidation sites excluding steroid dienone is 2. The van der Waals surface area contributed by atoms with Crippen LogP contribution < -0.4 is 4.57 Å². The van der Waals surface area contributed by atoms with Crippen molar-refractivity contribution >= 4 is 27.7 Å². The van der Waals surface area contributed by atoms with Crippen LogP contribution >= 0.6 is 0 Å². The van der Waals surface area contributed by atoms with Gasteiger partial charge in [0, 0.05) is 61.9 Å². The number of nitrogens with zero attached hydrogens (tertiary/aromatic N) is 2. The third-order valence-electron chi connectivity index (χ3n) is 10.2. The number of carbonyl (C=O) groups is 1. The van der Waals surface area contributed by atoms with Gasteiger partial charge in [0.15, 0.2) is 11.4 Å². The summed E-state index contributed by atoms with van der Waals surface area (Å²) < 4.78 is 7.61. The first-order valence-corrected chi connectivity index (χ1v) is 16.8.